The molecule has 2 aliphatic heterocycles. The number of hydrogen-bond donors (Lipinski definition) is 1. The average Bonchev–Trinajstić information content (AvgIpc) is 3.44. The highest BCUT2D eigenvalue weighted by Crippen LogP contribution is 2.42. The summed E-state index contributed by atoms with van der Waals surface area (Å²) >= 11 is 1.75. The zero-order valence-electron chi connectivity index (χ0n) is 25.0. The van der Waals surface area contributed by atoms with E-state index in [0.717, 1.165) is 71.6 Å². The number of nitrogens with zero attached hydrogens (tertiary/aromatic N) is 4. The van der Waals surface area contributed by atoms with Crippen molar-refractivity contribution in [2.75, 3.05) is 77.5 Å². The lowest BCUT2D eigenvalue weighted by Crippen LogP contribution is -2.45. The number of likely N-dealkylation sites (N-methyl/N-ethyl adjacent to an activating group) is 1. The molecule has 9 heteroatoms. The Balaban J connectivity index is 1.22. The fourth-order valence-electron chi connectivity index (χ4n) is 6.15. The van der Waals surface area contributed by atoms with Crippen molar-refractivity contribution in [1.82, 2.24) is 9.80 Å². The number of morpholine rings is 1. The van der Waals surface area contributed by atoms with Crippen molar-refractivity contribution in [1.29, 1.82) is 0 Å². The largest absolute Gasteiger partial charge is 0.440 e. The van der Waals surface area contributed by atoms with Gasteiger partial charge in [-0.25, -0.2) is 0 Å². The monoisotopic (exact) mass is 607 g/mol. The second-order valence-corrected chi connectivity index (χ2v) is 12.6. The predicted octanol–water partition coefficient (Wildman–Crippen LogP) is 5.28. The van der Waals surface area contributed by atoms with Crippen LogP contribution in [0.3, 0.4) is 0 Å². The molecule has 0 bridgehead atoms. The van der Waals surface area contributed by atoms with E-state index in [4.69, 9.17) is 19.9 Å². The number of thiophene rings is 1. The molecule has 2 aromatic heterocycles. The summed E-state index contributed by atoms with van der Waals surface area (Å²) in [5.74, 6) is 0.595. The Bertz CT molecular complexity index is 1930. The van der Waals surface area contributed by atoms with E-state index in [1.54, 1.807) is 23.6 Å². The van der Waals surface area contributed by atoms with Crippen molar-refractivity contribution in [2.45, 2.75) is 0 Å². The minimum Gasteiger partial charge on any atom is -0.440 e. The van der Waals surface area contributed by atoms with Crippen LogP contribution in [-0.2, 0) is 4.74 Å². The lowest BCUT2D eigenvalue weighted by atomic mass is 9.99. The number of hydrogen-bond acceptors (Lipinski definition) is 9. The number of allylic oxidation sites excluding steroid dienone is 1. The summed E-state index contributed by atoms with van der Waals surface area (Å²) in [6, 6.07) is 20.3. The smallest absolute Gasteiger partial charge is 0.200 e. The van der Waals surface area contributed by atoms with Crippen LogP contribution < -0.4 is 16.1 Å². The van der Waals surface area contributed by atoms with Gasteiger partial charge in [0.05, 0.1) is 25.1 Å². The molecule has 4 heterocycles. The molecule has 0 radical (unpaired) electrons. The summed E-state index contributed by atoms with van der Waals surface area (Å²) in [4.78, 5) is 24.8. The molecule has 2 aliphatic rings. The van der Waals surface area contributed by atoms with Gasteiger partial charge in [0.25, 0.3) is 0 Å². The quantitative estimate of drug-likeness (QED) is 0.252. The number of rotatable bonds is 7. The Morgan fingerprint density at radius 3 is 2.50 bits per heavy atom. The van der Waals surface area contributed by atoms with Gasteiger partial charge >= 0.3 is 0 Å². The molecule has 44 heavy (non-hydrogen) atoms. The van der Waals surface area contributed by atoms with E-state index < -0.39 is 0 Å². The summed E-state index contributed by atoms with van der Waals surface area (Å²) in [5.41, 5.74) is 10.6. The Labute approximate surface area is 260 Å². The van der Waals surface area contributed by atoms with Crippen LogP contribution in [0, 0.1) is 0 Å². The molecule has 226 valence electrons. The molecule has 0 atom stereocenters. The maximum absolute atomic E-state index is 13.2. The van der Waals surface area contributed by atoms with Crippen LogP contribution in [0.15, 0.2) is 81.1 Å². The molecule has 2 N–H and O–H groups in total. The highest BCUT2D eigenvalue weighted by molar-refractivity contribution is 7.26. The van der Waals surface area contributed by atoms with E-state index in [1.807, 2.05) is 24.4 Å². The van der Waals surface area contributed by atoms with E-state index in [1.165, 1.54) is 10.1 Å². The summed E-state index contributed by atoms with van der Waals surface area (Å²) in [6.07, 6.45) is 3.55. The molecule has 0 unspecified atom stereocenters. The van der Waals surface area contributed by atoms with Gasteiger partial charge in [-0.1, -0.05) is 36.4 Å². The maximum atomic E-state index is 13.2. The minimum absolute atomic E-state index is 0.0333. The number of nitrogens with two attached hydrogens (primary N) is 1. The lowest BCUT2D eigenvalue weighted by molar-refractivity contribution is 0.121. The summed E-state index contributed by atoms with van der Waals surface area (Å²) in [7, 11) is 2.17. The van der Waals surface area contributed by atoms with Gasteiger partial charge in [0.15, 0.2) is 11.3 Å². The molecule has 0 aliphatic carbocycles. The van der Waals surface area contributed by atoms with Crippen LogP contribution in [0.4, 0.5) is 5.88 Å². The normalized spacial score (nSPS) is 17.5. The number of benzene rings is 3. The van der Waals surface area contributed by atoms with Crippen molar-refractivity contribution in [3.05, 3.63) is 82.7 Å². The number of ether oxygens (including phenoxy) is 1. The Morgan fingerprint density at radius 2 is 1.70 bits per heavy atom. The van der Waals surface area contributed by atoms with Crippen LogP contribution >= 0.6 is 11.3 Å². The second-order valence-electron chi connectivity index (χ2n) is 11.5. The van der Waals surface area contributed by atoms with Gasteiger partial charge in [0.2, 0.25) is 0 Å². The van der Waals surface area contributed by atoms with E-state index in [2.05, 4.69) is 58.1 Å². The van der Waals surface area contributed by atoms with Crippen LogP contribution in [-0.4, -0.2) is 88.6 Å². The van der Waals surface area contributed by atoms with Crippen LogP contribution in [0.2, 0.25) is 0 Å². The predicted molar refractivity (Wildman–Crippen MR) is 183 cm³/mol. The first kappa shape index (κ1) is 28.7. The third kappa shape index (κ3) is 5.64. The molecule has 2 saturated heterocycles. The van der Waals surface area contributed by atoms with Gasteiger partial charge in [0.1, 0.15) is 5.58 Å². The fourth-order valence-corrected chi connectivity index (χ4v) is 7.36. The lowest BCUT2D eigenvalue weighted by Gasteiger charge is -2.31. The van der Waals surface area contributed by atoms with Crippen molar-refractivity contribution >= 4 is 60.2 Å². The van der Waals surface area contributed by atoms with Gasteiger partial charge in [-0.15, -0.1) is 11.3 Å². The molecular weight excluding hydrogens is 570 g/mol. The summed E-state index contributed by atoms with van der Waals surface area (Å²) < 4.78 is 14.3. The molecule has 8 nitrogen and oxygen atoms in total. The molecule has 3 aromatic carbocycles. The van der Waals surface area contributed by atoms with E-state index in [0.29, 0.717) is 43.2 Å². The zero-order valence-corrected chi connectivity index (χ0v) is 25.8. The van der Waals surface area contributed by atoms with E-state index in [9.17, 15) is 4.79 Å². The van der Waals surface area contributed by atoms with Crippen LogP contribution in [0.5, 0.6) is 0 Å². The fraction of sp³-hybridized carbons (Fsp3) is 0.314. The van der Waals surface area contributed by atoms with Gasteiger partial charge in [-0.05, 0) is 30.8 Å². The number of anilines is 1. The third-order valence-electron chi connectivity index (χ3n) is 8.74. The molecule has 0 amide bonds. The SMILES string of the molecule is CN1CCN(CCN=CC(=CN)c2ccc3sc4c(-c5cccc6c(=O)cc(N7CCOCC7)oc56)cccc4c3c2)CC1. The molecule has 2 fully saturated rings. The number of para-hydroxylation sites is 1. The maximum Gasteiger partial charge on any atom is 0.200 e. The van der Waals surface area contributed by atoms with Crippen molar-refractivity contribution < 1.29 is 9.15 Å². The van der Waals surface area contributed by atoms with Crippen molar-refractivity contribution in [3.63, 3.8) is 0 Å². The Hall–Kier alpha value is -4.02. The highest BCUT2D eigenvalue weighted by atomic mass is 32.1. The van der Waals surface area contributed by atoms with Gasteiger partial charge < -0.3 is 24.7 Å². The minimum atomic E-state index is -0.0333. The van der Waals surface area contributed by atoms with Gasteiger partial charge in [-0.2, -0.15) is 0 Å². The molecule has 5 aromatic rings. The van der Waals surface area contributed by atoms with Crippen molar-refractivity contribution in [3.8, 4) is 11.1 Å². The van der Waals surface area contributed by atoms with E-state index >= 15 is 0 Å². The van der Waals surface area contributed by atoms with Gasteiger partial charge in [-0.3, -0.25) is 14.7 Å². The Kier molecular flexibility index (Phi) is 8.18. The van der Waals surface area contributed by atoms with E-state index in [-0.39, 0.29) is 5.43 Å². The number of fused-ring (bicyclic) bond motifs is 4. The highest BCUT2D eigenvalue weighted by Gasteiger charge is 2.19. The molecule has 0 saturated carbocycles. The topological polar surface area (TPSA) is 87.5 Å². The standard InChI is InChI=1S/C35H37N5O3S/c1-38-12-14-39(15-13-38)11-10-37-23-25(22-36)24-8-9-32-30(20-24)28-6-3-5-27(35(28)44-32)26-4-2-7-29-31(41)21-33(43-34(26)29)40-16-18-42-19-17-40/h2-9,20-23H,10-19,36H2,1H3. The van der Waals surface area contributed by atoms with Crippen LogP contribution in [0.25, 0.3) is 47.8 Å². The average molecular weight is 608 g/mol. The number of aliphatic imine (C=N–C) groups is 1. The second kappa shape index (κ2) is 12.5. The zero-order chi connectivity index (χ0) is 30.0. The third-order valence-corrected chi connectivity index (χ3v) is 9.96. The number of piperazine rings is 1. The summed E-state index contributed by atoms with van der Waals surface area (Å²) in [6.45, 7) is 8.76. The molecule has 7 rings (SSSR count). The van der Waals surface area contributed by atoms with Crippen molar-refractivity contribution in [2.24, 2.45) is 10.7 Å². The first-order chi connectivity index (χ1) is 21.6. The first-order valence-electron chi connectivity index (χ1n) is 15.3. The molecular formula is C35H37N5O3S. The first-order valence-corrected chi connectivity index (χ1v) is 16.1. The van der Waals surface area contributed by atoms with Gasteiger partial charge in [0, 0.05) is 101 Å². The van der Waals surface area contributed by atoms with Crippen LogP contribution in [0.1, 0.15) is 5.56 Å². The summed E-state index contributed by atoms with van der Waals surface area (Å²) in [5, 5.41) is 2.92. The Morgan fingerprint density at radius 1 is 0.932 bits per heavy atom. The molecule has 0 spiro atoms.